The highest BCUT2D eigenvalue weighted by Gasteiger charge is 2.57. The Bertz CT molecular complexity index is 901. The van der Waals surface area contributed by atoms with Gasteiger partial charge in [0, 0.05) is 0 Å². The minimum Gasteiger partial charge on any atom is -0.497 e. The van der Waals surface area contributed by atoms with Crippen molar-refractivity contribution in [2.45, 2.75) is 25.0 Å². The molecular formula is C25H25NO3. The summed E-state index contributed by atoms with van der Waals surface area (Å²) in [6, 6.07) is 28.2. The summed E-state index contributed by atoms with van der Waals surface area (Å²) in [5, 5.41) is 0. The minimum absolute atomic E-state index is 0.0288. The van der Waals surface area contributed by atoms with E-state index in [9.17, 15) is 4.79 Å². The van der Waals surface area contributed by atoms with Crippen molar-refractivity contribution in [1.82, 2.24) is 4.90 Å². The molecule has 0 radical (unpaired) electrons. The van der Waals surface area contributed by atoms with Crippen molar-refractivity contribution in [3.63, 3.8) is 0 Å². The third-order valence-corrected chi connectivity index (χ3v) is 5.37. The molecule has 0 aliphatic carbocycles. The highest BCUT2D eigenvalue weighted by atomic mass is 16.5. The van der Waals surface area contributed by atoms with Crippen LogP contribution in [0.25, 0.3) is 0 Å². The van der Waals surface area contributed by atoms with E-state index in [0.29, 0.717) is 6.61 Å². The summed E-state index contributed by atoms with van der Waals surface area (Å²) in [6.45, 7) is 2.22. The van der Waals surface area contributed by atoms with E-state index in [4.69, 9.17) is 9.47 Å². The van der Waals surface area contributed by atoms with Crippen molar-refractivity contribution in [2.75, 3.05) is 13.7 Å². The summed E-state index contributed by atoms with van der Waals surface area (Å²) >= 11 is 0. The van der Waals surface area contributed by atoms with Gasteiger partial charge in [0.2, 0.25) is 0 Å². The Morgan fingerprint density at radius 3 is 1.93 bits per heavy atom. The van der Waals surface area contributed by atoms with E-state index in [1.165, 1.54) is 0 Å². The monoisotopic (exact) mass is 387 g/mol. The standard InChI is InChI=1S/C25H25NO3/c1-3-29-25(27)24-23(20-14-16-21(28-2)17-15-20)26(24)22(18-10-6-4-7-11-18)19-12-8-5-9-13-19/h4-17,22-24H,3H2,1-2H3/t23-,24-,26?/m1/s1. The molecule has 3 aromatic carbocycles. The molecule has 1 fully saturated rings. The van der Waals surface area contributed by atoms with Crippen molar-refractivity contribution in [3.8, 4) is 5.75 Å². The first-order chi connectivity index (χ1) is 14.2. The molecule has 4 heteroatoms. The van der Waals surface area contributed by atoms with Crippen molar-refractivity contribution in [2.24, 2.45) is 0 Å². The molecule has 4 nitrogen and oxygen atoms in total. The van der Waals surface area contributed by atoms with E-state index in [1.807, 2.05) is 67.6 Å². The number of hydrogen-bond acceptors (Lipinski definition) is 4. The summed E-state index contributed by atoms with van der Waals surface area (Å²) in [6.07, 6.45) is 0. The lowest BCUT2D eigenvalue weighted by molar-refractivity contribution is -0.143. The predicted molar refractivity (Wildman–Crippen MR) is 113 cm³/mol. The van der Waals surface area contributed by atoms with Crippen LogP contribution in [0.1, 0.15) is 35.7 Å². The first kappa shape index (κ1) is 19.2. The number of rotatable bonds is 7. The lowest BCUT2D eigenvalue weighted by Gasteiger charge is -2.21. The maximum Gasteiger partial charge on any atom is 0.325 e. The van der Waals surface area contributed by atoms with Gasteiger partial charge in [-0.05, 0) is 35.7 Å². The number of carbonyl (C=O) groups excluding carboxylic acids is 1. The second-order valence-electron chi connectivity index (χ2n) is 7.09. The van der Waals surface area contributed by atoms with E-state index in [2.05, 4.69) is 29.2 Å². The molecule has 0 bridgehead atoms. The van der Waals surface area contributed by atoms with Crippen LogP contribution in [0.15, 0.2) is 84.9 Å². The zero-order chi connectivity index (χ0) is 20.2. The highest BCUT2D eigenvalue weighted by Crippen LogP contribution is 2.52. The van der Waals surface area contributed by atoms with Gasteiger partial charge < -0.3 is 9.47 Å². The molecule has 0 spiro atoms. The highest BCUT2D eigenvalue weighted by molar-refractivity contribution is 5.81. The Morgan fingerprint density at radius 2 is 1.45 bits per heavy atom. The van der Waals surface area contributed by atoms with E-state index in [0.717, 1.165) is 22.4 Å². The van der Waals surface area contributed by atoms with Crippen molar-refractivity contribution in [3.05, 3.63) is 102 Å². The van der Waals surface area contributed by atoms with E-state index >= 15 is 0 Å². The molecule has 3 atom stereocenters. The summed E-state index contributed by atoms with van der Waals surface area (Å²) in [5.74, 6) is 0.626. The Labute approximate surface area is 171 Å². The maximum atomic E-state index is 12.8. The van der Waals surface area contributed by atoms with Gasteiger partial charge in [-0.1, -0.05) is 72.8 Å². The molecule has 148 valence electrons. The van der Waals surface area contributed by atoms with Crippen molar-refractivity contribution < 1.29 is 14.3 Å². The fourth-order valence-corrected chi connectivity index (χ4v) is 4.01. The molecule has 0 amide bonds. The normalized spacial score (nSPS) is 20.3. The Balaban J connectivity index is 1.75. The van der Waals surface area contributed by atoms with Gasteiger partial charge in [-0.2, -0.15) is 0 Å². The quantitative estimate of drug-likeness (QED) is 0.432. The second kappa shape index (κ2) is 8.50. The minimum atomic E-state index is -0.311. The number of methoxy groups -OCH3 is 1. The molecule has 3 aromatic rings. The average Bonchev–Trinajstić information content (AvgIpc) is 3.51. The predicted octanol–water partition coefficient (Wildman–Crippen LogP) is 4.77. The summed E-state index contributed by atoms with van der Waals surface area (Å²) < 4.78 is 10.7. The SMILES string of the molecule is CCOC(=O)[C@H]1[C@@H](c2ccc(OC)cc2)N1C(c1ccccc1)c1ccccc1. The molecule has 29 heavy (non-hydrogen) atoms. The van der Waals surface area contributed by atoms with Gasteiger partial charge in [-0.3, -0.25) is 9.69 Å². The van der Waals surface area contributed by atoms with Crippen LogP contribution in [0.3, 0.4) is 0 Å². The van der Waals surface area contributed by atoms with Crippen LogP contribution >= 0.6 is 0 Å². The second-order valence-corrected chi connectivity index (χ2v) is 7.09. The molecular weight excluding hydrogens is 362 g/mol. The molecule has 4 rings (SSSR count). The van der Waals surface area contributed by atoms with E-state index in [1.54, 1.807) is 7.11 Å². The molecule has 1 unspecified atom stereocenters. The largest absolute Gasteiger partial charge is 0.497 e. The van der Waals surface area contributed by atoms with Gasteiger partial charge in [0.05, 0.1) is 25.8 Å². The van der Waals surface area contributed by atoms with E-state index < -0.39 is 0 Å². The summed E-state index contributed by atoms with van der Waals surface area (Å²) in [7, 11) is 1.65. The van der Waals surface area contributed by atoms with Crippen molar-refractivity contribution in [1.29, 1.82) is 0 Å². The zero-order valence-corrected chi connectivity index (χ0v) is 16.7. The smallest absolute Gasteiger partial charge is 0.325 e. The third kappa shape index (κ3) is 3.89. The number of nitrogens with zero attached hydrogens (tertiary/aromatic N) is 1. The van der Waals surface area contributed by atoms with Gasteiger partial charge in [-0.25, -0.2) is 0 Å². The van der Waals surface area contributed by atoms with Crippen LogP contribution in [0.2, 0.25) is 0 Å². The first-order valence-electron chi connectivity index (χ1n) is 9.92. The molecule has 1 saturated heterocycles. The summed E-state index contributed by atoms with van der Waals surface area (Å²) in [4.78, 5) is 15.0. The van der Waals surface area contributed by atoms with Crippen LogP contribution in [-0.2, 0) is 9.53 Å². The maximum absolute atomic E-state index is 12.8. The van der Waals surface area contributed by atoms with Crippen LogP contribution in [-0.4, -0.2) is 30.6 Å². The number of hydrogen-bond donors (Lipinski definition) is 0. The topological polar surface area (TPSA) is 38.5 Å². The third-order valence-electron chi connectivity index (χ3n) is 5.37. The summed E-state index contributed by atoms with van der Waals surface area (Å²) in [5.41, 5.74) is 3.40. The lowest BCUT2D eigenvalue weighted by Crippen LogP contribution is -2.20. The Hall–Kier alpha value is -3.11. The molecule has 0 aromatic heterocycles. The number of ether oxygens (including phenoxy) is 2. The van der Waals surface area contributed by atoms with Crippen molar-refractivity contribution >= 4 is 5.97 Å². The fraction of sp³-hybridized carbons (Fsp3) is 0.240. The fourth-order valence-electron chi connectivity index (χ4n) is 4.01. The lowest BCUT2D eigenvalue weighted by atomic mass is 9.98. The number of benzene rings is 3. The van der Waals surface area contributed by atoms with Gasteiger partial charge in [0.15, 0.2) is 0 Å². The molecule has 1 aliphatic heterocycles. The van der Waals surface area contributed by atoms with Gasteiger partial charge in [-0.15, -0.1) is 0 Å². The van der Waals surface area contributed by atoms with Crippen LogP contribution in [0.5, 0.6) is 5.75 Å². The number of carbonyl (C=O) groups is 1. The average molecular weight is 387 g/mol. The molecule has 1 aliphatic rings. The van der Waals surface area contributed by atoms with Gasteiger partial charge in [0.1, 0.15) is 11.8 Å². The molecule has 0 saturated carbocycles. The molecule has 1 heterocycles. The first-order valence-corrected chi connectivity index (χ1v) is 9.92. The van der Waals surface area contributed by atoms with Crippen LogP contribution in [0, 0.1) is 0 Å². The molecule has 0 N–H and O–H groups in total. The number of esters is 1. The van der Waals surface area contributed by atoms with Crippen LogP contribution in [0.4, 0.5) is 0 Å². The van der Waals surface area contributed by atoms with Crippen LogP contribution < -0.4 is 4.74 Å². The Kier molecular flexibility index (Phi) is 5.63. The van der Waals surface area contributed by atoms with E-state index in [-0.39, 0.29) is 24.1 Å². The van der Waals surface area contributed by atoms with Gasteiger partial charge >= 0.3 is 5.97 Å². The Morgan fingerprint density at radius 1 is 0.897 bits per heavy atom. The van der Waals surface area contributed by atoms with Gasteiger partial charge in [0.25, 0.3) is 0 Å². The zero-order valence-electron chi connectivity index (χ0n) is 16.7.